The average molecular weight is 224 g/mol. The van der Waals surface area contributed by atoms with Gasteiger partial charge in [-0.05, 0) is 18.2 Å². The van der Waals surface area contributed by atoms with Crippen molar-refractivity contribution >= 4 is 17.3 Å². The molecule has 0 N–H and O–H groups in total. The zero-order valence-corrected chi connectivity index (χ0v) is 8.26. The van der Waals surface area contributed by atoms with Crippen LogP contribution in [0.3, 0.4) is 0 Å². The number of halogens is 1. The van der Waals surface area contributed by atoms with Gasteiger partial charge in [0.05, 0.1) is 4.92 Å². The molecule has 0 spiro atoms. The predicted molar refractivity (Wildman–Crippen MR) is 55.2 cm³/mol. The summed E-state index contributed by atoms with van der Waals surface area (Å²) in [6.45, 7) is 0. The van der Waals surface area contributed by atoms with E-state index in [2.05, 4.69) is 5.10 Å². The fourth-order valence-electron chi connectivity index (χ4n) is 1.25. The molecular formula is C9H6ClN3O2. The van der Waals surface area contributed by atoms with Crippen LogP contribution in [-0.2, 0) is 0 Å². The molecular weight excluding hydrogens is 218 g/mol. The van der Waals surface area contributed by atoms with E-state index >= 15 is 0 Å². The number of benzene rings is 1. The van der Waals surface area contributed by atoms with E-state index in [1.807, 2.05) is 0 Å². The molecule has 0 aliphatic carbocycles. The average Bonchev–Trinajstić information content (AvgIpc) is 2.70. The molecule has 15 heavy (non-hydrogen) atoms. The number of nitro benzene ring substituents is 1. The number of nitrogens with zero attached hydrogens (tertiary/aromatic N) is 3. The summed E-state index contributed by atoms with van der Waals surface area (Å²) in [4.78, 5) is 10.3. The lowest BCUT2D eigenvalue weighted by molar-refractivity contribution is -0.384. The van der Waals surface area contributed by atoms with E-state index in [1.165, 1.54) is 10.7 Å². The Hall–Kier alpha value is -1.88. The summed E-state index contributed by atoms with van der Waals surface area (Å²) < 4.78 is 1.43. The molecule has 5 nitrogen and oxygen atoms in total. The second kappa shape index (κ2) is 3.70. The third-order valence-corrected chi connectivity index (χ3v) is 2.12. The van der Waals surface area contributed by atoms with E-state index < -0.39 is 4.92 Å². The summed E-state index contributed by atoms with van der Waals surface area (Å²) in [5, 5.41) is 15.0. The summed E-state index contributed by atoms with van der Waals surface area (Å²) in [6.07, 6.45) is 3.19. The van der Waals surface area contributed by atoms with Crippen LogP contribution in [0.2, 0.25) is 5.02 Å². The van der Waals surface area contributed by atoms with Crippen LogP contribution in [0, 0.1) is 10.1 Å². The van der Waals surface area contributed by atoms with Crippen molar-refractivity contribution < 1.29 is 4.92 Å². The smallest absolute Gasteiger partial charge is 0.258 e. The molecule has 0 fully saturated rings. The number of hydrogen-bond donors (Lipinski definition) is 0. The van der Waals surface area contributed by atoms with Crippen LogP contribution in [0.1, 0.15) is 0 Å². The first-order chi connectivity index (χ1) is 7.18. The van der Waals surface area contributed by atoms with Gasteiger partial charge in [-0.2, -0.15) is 5.10 Å². The number of aromatic nitrogens is 2. The van der Waals surface area contributed by atoms with Gasteiger partial charge in [-0.15, -0.1) is 0 Å². The topological polar surface area (TPSA) is 61.0 Å². The van der Waals surface area contributed by atoms with E-state index in [4.69, 9.17) is 11.6 Å². The molecule has 0 radical (unpaired) electrons. The predicted octanol–water partition coefficient (Wildman–Crippen LogP) is 2.43. The van der Waals surface area contributed by atoms with Gasteiger partial charge >= 0.3 is 0 Å². The second-order valence-corrected chi connectivity index (χ2v) is 3.28. The van der Waals surface area contributed by atoms with Crippen molar-refractivity contribution in [1.29, 1.82) is 0 Å². The summed E-state index contributed by atoms with van der Waals surface area (Å²) >= 11 is 5.69. The quantitative estimate of drug-likeness (QED) is 0.580. The molecule has 76 valence electrons. The third kappa shape index (κ3) is 1.82. The Bertz CT molecular complexity index is 496. The minimum Gasteiger partial charge on any atom is -0.258 e. The van der Waals surface area contributed by atoms with E-state index in [0.29, 0.717) is 10.7 Å². The third-order valence-electron chi connectivity index (χ3n) is 1.89. The highest BCUT2D eigenvalue weighted by molar-refractivity contribution is 6.30. The SMILES string of the molecule is O=[N+]([O-])c1cc(Cl)ccc1-n1cccn1. The zero-order chi connectivity index (χ0) is 10.8. The standard InChI is InChI=1S/C9H6ClN3O2/c10-7-2-3-8(9(6-7)13(14)15)12-5-1-4-11-12/h1-6H. The lowest BCUT2D eigenvalue weighted by Crippen LogP contribution is -2.00. The van der Waals surface area contributed by atoms with Crippen LogP contribution in [0.15, 0.2) is 36.7 Å². The van der Waals surface area contributed by atoms with Crippen molar-refractivity contribution in [2.75, 3.05) is 0 Å². The van der Waals surface area contributed by atoms with E-state index in [-0.39, 0.29) is 5.69 Å². The Morgan fingerprint density at radius 2 is 2.27 bits per heavy atom. The van der Waals surface area contributed by atoms with E-state index in [9.17, 15) is 10.1 Å². The van der Waals surface area contributed by atoms with Crippen molar-refractivity contribution in [2.45, 2.75) is 0 Å². The van der Waals surface area contributed by atoms with Crippen LogP contribution in [-0.4, -0.2) is 14.7 Å². The highest BCUT2D eigenvalue weighted by atomic mass is 35.5. The molecule has 0 unspecified atom stereocenters. The molecule has 2 rings (SSSR count). The largest absolute Gasteiger partial charge is 0.296 e. The fraction of sp³-hybridized carbons (Fsp3) is 0. The summed E-state index contributed by atoms with van der Waals surface area (Å²) in [7, 11) is 0. The molecule has 0 aliphatic heterocycles. The van der Waals surface area contributed by atoms with Gasteiger partial charge in [0.2, 0.25) is 0 Å². The Morgan fingerprint density at radius 1 is 1.47 bits per heavy atom. The molecule has 0 aliphatic rings. The highest BCUT2D eigenvalue weighted by Gasteiger charge is 2.15. The summed E-state index contributed by atoms with van der Waals surface area (Å²) in [5.74, 6) is 0. The molecule has 6 heteroatoms. The maximum Gasteiger partial charge on any atom is 0.296 e. The molecule has 0 saturated carbocycles. The molecule has 1 aromatic heterocycles. The maximum atomic E-state index is 10.8. The Morgan fingerprint density at radius 3 is 2.87 bits per heavy atom. The lowest BCUT2D eigenvalue weighted by Gasteiger charge is -2.02. The minimum absolute atomic E-state index is 0.0637. The van der Waals surface area contributed by atoms with Crippen LogP contribution in [0.25, 0.3) is 5.69 Å². The first kappa shape index (κ1) is 9.67. The van der Waals surface area contributed by atoms with Crippen LogP contribution < -0.4 is 0 Å². The molecule has 2 aromatic rings. The van der Waals surface area contributed by atoms with Gasteiger partial charge < -0.3 is 0 Å². The van der Waals surface area contributed by atoms with Gasteiger partial charge in [-0.25, -0.2) is 4.68 Å². The van der Waals surface area contributed by atoms with Gasteiger partial charge in [0.1, 0.15) is 5.69 Å². The Labute approximate surface area is 90.1 Å². The van der Waals surface area contributed by atoms with Gasteiger partial charge in [0, 0.05) is 23.5 Å². The first-order valence-electron chi connectivity index (χ1n) is 4.12. The van der Waals surface area contributed by atoms with Gasteiger partial charge in [0.15, 0.2) is 0 Å². The van der Waals surface area contributed by atoms with E-state index in [0.717, 1.165) is 0 Å². The number of rotatable bonds is 2. The van der Waals surface area contributed by atoms with Crippen molar-refractivity contribution in [3.8, 4) is 5.69 Å². The number of hydrogen-bond acceptors (Lipinski definition) is 3. The zero-order valence-electron chi connectivity index (χ0n) is 7.50. The minimum atomic E-state index is -0.483. The maximum absolute atomic E-state index is 10.8. The highest BCUT2D eigenvalue weighted by Crippen LogP contribution is 2.25. The molecule has 0 amide bonds. The molecule has 0 saturated heterocycles. The lowest BCUT2D eigenvalue weighted by atomic mass is 10.3. The fourth-order valence-corrected chi connectivity index (χ4v) is 1.41. The van der Waals surface area contributed by atoms with Crippen LogP contribution >= 0.6 is 11.6 Å². The Kier molecular flexibility index (Phi) is 2.39. The van der Waals surface area contributed by atoms with Crippen molar-refractivity contribution in [2.24, 2.45) is 0 Å². The molecule has 1 aromatic carbocycles. The van der Waals surface area contributed by atoms with Crippen LogP contribution in [0.4, 0.5) is 5.69 Å². The Balaban J connectivity index is 2.61. The molecule has 0 atom stereocenters. The monoisotopic (exact) mass is 223 g/mol. The van der Waals surface area contributed by atoms with Gasteiger partial charge in [-0.3, -0.25) is 10.1 Å². The van der Waals surface area contributed by atoms with Crippen molar-refractivity contribution in [1.82, 2.24) is 9.78 Å². The second-order valence-electron chi connectivity index (χ2n) is 2.84. The summed E-state index contributed by atoms with van der Waals surface area (Å²) in [5.41, 5.74) is 0.334. The van der Waals surface area contributed by atoms with Crippen molar-refractivity contribution in [3.05, 3.63) is 51.8 Å². The van der Waals surface area contributed by atoms with E-state index in [1.54, 1.807) is 30.6 Å². The molecule has 1 heterocycles. The molecule has 0 bridgehead atoms. The number of nitro groups is 1. The summed E-state index contributed by atoms with van der Waals surface area (Å²) in [6, 6.07) is 6.15. The van der Waals surface area contributed by atoms with Gasteiger partial charge in [0.25, 0.3) is 5.69 Å². The van der Waals surface area contributed by atoms with Crippen LogP contribution in [0.5, 0.6) is 0 Å². The normalized spacial score (nSPS) is 10.2. The first-order valence-corrected chi connectivity index (χ1v) is 4.50. The van der Waals surface area contributed by atoms with Crippen molar-refractivity contribution in [3.63, 3.8) is 0 Å². The van der Waals surface area contributed by atoms with Gasteiger partial charge in [-0.1, -0.05) is 11.6 Å².